The third-order valence-electron chi connectivity index (χ3n) is 4.61. The highest BCUT2D eigenvalue weighted by Gasteiger charge is 2.20. The molecular weight excluding hydrogens is 414 g/mol. The molecule has 0 fully saturated rings. The van der Waals surface area contributed by atoms with Gasteiger partial charge in [-0.3, -0.25) is 4.79 Å². The molecule has 9 heteroatoms. The van der Waals surface area contributed by atoms with Crippen molar-refractivity contribution in [3.63, 3.8) is 0 Å². The Balaban J connectivity index is 2.08. The van der Waals surface area contributed by atoms with E-state index in [1.807, 2.05) is 25.1 Å². The Morgan fingerprint density at radius 3 is 2.48 bits per heavy atom. The predicted octanol–water partition coefficient (Wildman–Crippen LogP) is 1.59. The van der Waals surface area contributed by atoms with Gasteiger partial charge in [0, 0.05) is 39.8 Å². The quantitative estimate of drug-likeness (QED) is 0.402. The van der Waals surface area contributed by atoms with E-state index in [0.717, 1.165) is 5.56 Å². The number of carbonyl (C=O) groups excluding carboxylic acids is 1. The maximum atomic E-state index is 12.6. The number of guanidine groups is 1. The van der Waals surface area contributed by atoms with Crippen molar-refractivity contribution >= 4 is 21.9 Å². The van der Waals surface area contributed by atoms with Crippen LogP contribution in [0.25, 0.3) is 0 Å². The summed E-state index contributed by atoms with van der Waals surface area (Å²) in [5.41, 5.74) is 2.29. The van der Waals surface area contributed by atoms with Crippen LogP contribution in [0.1, 0.15) is 28.4 Å². The highest BCUT2D eigenvalue weighted by molar-refractivity contribution is 7.89. The third kappa shape index (κ3) is 6.80. The Labute approximate surface area is 184 Å². The number of nitrogens with one attached hydrogen (secondary N) is 3. The van der Waals surface area contributed by atoms with Gasteiger partial charge in [-0.25, -0.2) is 17.7 Å². The molecule has 0 aliphatic heterocycles. The minimum Gasteiger partial charge on any atom is -0.357 e. The molecule has 2 rings (SSSR count). The number of benzene rings is 2. The second kappa shape index (κ2) is 11.5. The van der Waals surface area contributed by atoms with Gasteiger partial charge >= 0.3 is 0 Å². The monoisotopic (exact) mass is 445 g/mol. The van der Waals surface area contributed by atoms with Gasteiger partial charge in [-0.2, -0.15) is 0 Å². The number of nitrogens with zero attached hydrogens (tertiary/aromatic N) is 2. The van der Waals surface area contributed by atoms with Gasteiger partial charge in [-0.05, 0) is 42.7 Å². The highest BCUT2D eigenvalue weighted by atomic mass is 32.2. The average Bonchev–Trinajstić information content (AvgIpc) is 2.77. The Bertz CT molecular complexity index is 1020. The fourth-order valence-corrected chi connectivity index (χ4v) is 4.03. The second-order valence-corrected chi connectivity index (χ2v) is 9.17. The van der Waals surface area contributed by atoms with Crippen molar-refractivity contribution in [3.8, 4) is 0 Å². The number of rotatable bonds is 9. The van der Waals surface area contributed by atoms with E-state index in [1.165, 1.54) is 18.4 Å². The van der Waals surface area contributed by atoms with Gasteiger partial charge in [-0.1, -0.05) is 30.3 Å². The topological polar surface area (TPSA) is 103 Å². The van der Waals surface area contributed by atoms with Gasteiger partial charge in [-0.15, -0.1) is 0 Å². The third-order valence-corrected chi connectivity index (χ3v) is 6.52. The maximum absolute atomic E-state index is 12.6. The van der Waals surface area contributed by atoms with Crippen LogP contribution < -0.4 is 16.0 Å². The number of carbonyl (C=O) groups is 1. The number of hydrogen-bond donors (Lipinski definition) is 3. The molecule has 0 unspecified atom stereocenters. The van der Waals surface area contributed by atoms with E-state index in [9.17, 15) is 13.2 Å². The van der Waals surface area contributed by atoms with Gasteiger partial charge in [0.25, 0.3) is 5.91 Å². The molecule has 1 amide bonds. The zero-order chi connectivity index (χ0) is 22.9. The summed E-state index contributed by atoms with van der Waals surface area (Å²) in [4.78, 5) is 16.6. The summed E-state index contributed by atoms with van der Waals surface area (Å²) in [6, 6.07) is 14.4. The minimum absolute atomic E-state index is 0.115. The molecule has 0 atom stereocenters. The molecule has 3 N–H and O–H groups in total. The molecule has 8 nitrogen and oxygen atoms in total. The fourth-order valence-electron chi connectivity index (χ4n) is 2.93. The zero-order valence-corrected chi connectivity index (χ0v) is 19.3. The average molecular weight is 446 g/mol. The van der Waals surface area contributed by atoms with Crippen LogP contribution in [0.2, 0.25) is 0 Å². The molecule has 31 heavy (non-hydrogen) atoms. The first-order valence-electron chi connectivity index (χ1n) is 10.1. The van der Waals surface area contributed by atoms with Gasteiger partial charge in [0.2, 0.25) is 10.0 Å². The van der Waals surface area contributed by atoms with Crippen LogP contribution in [0, 0.1) is 0 Å². The van der Waals surface area contributed by atoms with Crippen molar-refractivity contribution in [1.29, 1.82) is 0 Å². The van der Waals surface area contributed by atoms with Crippen molar-refractivity contribution in [1.82, 2.24) is 20.3 Å². The number of amides is 1. The molecular formula is C22H31N5O3S. The van der Waals surface area contributed by atoms with Gasteiger partial charge in [0.15, 0.2) is 5.96 Å². The maximum Gasteiger partial charge on any atom is 0.251 e. The Hall–Kier alpha value is -2.91. The van der Waals surface area contributed by atoms with E-state index in [0.29, 0.717) is 36.6 Å². The lowest BCUT2D eigenvalue weighted by atomic mass is 10.1. The zero-order valence-electron chi connectivity index (χ0n) is 18.5. The number of aliphatic imine (C=N–C) groups is 1. The SMILES string of the molecule is CCNC(=NCc1ccccc1S(=O)(=O)N(C)C)NCCc1cccc(C(=O)NC)c1. The second-order valence-electron chi connectivity index (χ2n) is 7.05. The lowest BCUT2D eigenvalue weighted by molar-refractivity contribution is 0.0963. The molecule has 0 radical (unpaired) electrons. The minimum atomic E-state index is -3.54. The van der Waals surface area contributed by atoms with E-state index in [4.69, 9.17) is 0 Å². The van der Waals surface area contributed by atoms with Crippen molar-refractivity contribution in [2.75, 3.05) is 34.2 Å². The molecule has 168 valence electrons. The van der Waals surface area contributed by atoms with Crippen LogP contribution in [0.4, 0.5) is 0 Å². The Morgan fingerprint density at radius 2 is 1.81 bits per heavy atom. The van der Waals surface area contributed by atoms with E-state index in [2.05, 4.69) is 20.9 Å². The van der Waals surface area contributed by atoms with Gasteiger partial charge in [0.05, 0.1) is 11.4 Å². The highest BCUT2D eigenvalue weighted by Crippen LogP contribution is 2.19. The number of sulfonamides is 1. The molecule has 0 aliphatic carbocycles. The van der Waals surface area contributed by atoms with Gasteiger partial charge in [0.1, 0.15) is 0 Å². The molecule has 0 aliphatic rings. The molecule has 2 aromatic rings. The predicted molar refractivity (Wildman–Crippen MR) is 124 cm³/mol. The van der Waals surface area contributed by atoms with Gasteiger partial charge < -0.3 is 16.0 Å². The smallest absolute Gasteiger partial charge is 0.251 e. The van der Waals surface area contributed by atoms with E-state index in [-0.39, 0.29) is 17.3 Å². The summed E-state index contributed by atoms with van der Waals surface area (Å²) < 4.78 is 26.3. The summed E-state index contributed by atoms with van der Waals surface area (Å²) in [6.45, 7) is 3.48. The normalized spacial score (nSPS) is 12.0. The summed E-state index contributed by atoms with van der Waals surface area (Å²) in [5, 5.41) is 9.06. The summed E-state index contributed by atoms with van der Waals surface area (Å²) in [5.74, 6) is 0.484. The summed E-state index contributed by atoms with van der Waals surface area (Å²) in [7, 11) is 1.09. The number of hydrogen-bond acceptors (Lipinski definition) is 4. The summed E-state index contributed by atoms with van der Waals surface area (Å²) in [6.07, 6.45) is 0.709. The van der Waals surface area contributed by atoms with Crippen molar-refractivity contribution in [2.24, 2.45) is 4.99 Å². The van der Waals surface area contributed by atoms with Crippen LogP contribution >= 0.6 is 0 Å². The van der Waals surface area contributed by atoms with Crippen LogP contribution in [-0.2, 0) is 23.0 Å². The van der Waals surface area contributed by atoms with Crippen molar-refractivity contribution in [2.45, 2.75) is 24.8 Å². The first-order valence-corrected chi connectivity index (χ1v) is 11.6. The van der Waals surface area contributed by atoms with Crippen LogP contribution in [0.15, 0.2) is 58.4 Å². The Kier molecular flexibility index (Phi) is 9.02. The summed E-state index contributed by atoms with van der Waals surface area (Å²) >= 11 is 0. The van der Waals surface area contributed by atoms with Crippen molar-refractivity contribution < 1.29 is 13.2 Å². The molecule has 0 aromatic heterocycles. The molecule has 0 bridgehead atoms. The van der Waals surface area contributed by atoms with E-state index < -0.39 is 10.0 Å². The fraction of sp³-hybridized carbons (Fsp3) is 0.364. The van der Waals surface area contributed by atoms with Crippen LogP contribution in [-0.4, -0.2) is 58.8 Å². The van der Waals surface area contributed by atoms with Crippen LogP contribution in [0.3, 0.4) is 0 Å². The van der Waals surface area contributed by atoms with E-state index in [1.54, 1.807) is 37.4 Å². The lowest BCUT2D eigenvalue weighted by Gasteiger charge is -2.15. The first-order chi connectivity index (χ1) is 14.8. The Morgan fingerprint density at radius 1 is 1.06 bits per heavy atom. The van der Waals surface area contributed by atoms with Crippen molar-refractivity contribution in [3.05, 3.63) is 65.2 Å². The molecule has 2 aromatic carbocycles. The largest absolute Gasteiger partial charge is 0.357 e. The molecule has 0 saturated heterocycles. The molecule has 0 spiro atoms. The first kappa shape index (κ1) is 24.4. The molecule has 0 heterocycles. The van der Waals surface area contributed by atoms with Crippen LogP contribution in [0.5, 0.6) is 0 Å². The lowest BCUT2D eigenvalue weighted by Crippen LogP contribution is -2.38. The van der Waals surface area contributed by atoms with E-state index >= 15 is 0 Å². The molecule has 0 saturated carbocycles. The standard InChI is InChI=1S/C22H31N5O3S/c1-5-24-22(25-14-13-17-9-8-11-18(15-17)21(28)23-2)26-16-19-10-6-7-12-20(19)31(29,30)27(3)4/h6-12,15H,5,13-14,16H2,1-4H3,(H,23,28)(H2,24,25,26).